The zero-order valence-electron chi connectivity index (χ0n) is 33.5. The molecule has 14 heteroatoms. The molecule has 1 spiro atoms. The monoisotopic (exact) mass is 822 g/mol. The van der Waals surface area contributed by atoms with Crippen LogP contribution >= 0.6 is 0 Å². The van der Waals surface area contributed by atoms with Crippen LogP contribution in [0.5, 0.6) is 0 Å². The number of anilines is 1. The highest BCUT2D eigenvalue weighted by Gasteiger charge is 2.66. The minimum atomic E-state index is -3.17. The van der Waals surface area contributed by atoms with E-state index in [9.17, 15) is 24.3 Å². The number of aromatic amines is 2. The van der Waals surface area contributed by atoms with Crippen molar-refractivity contribution in [2.75, 3.05) is 18.1 Å². The Balaban J connectivity index is 1.13. The summed E-state index contributed by atoms with van der Waals surface area (Å²) in [6, 6.07) is 36.9. The number of nitrogens with one attached hydrogen (secondary N) is 2. The lowest BCUT2D eigenvalue weighted by Crippen LogP contribution is -2.46. The first-order valence-electron chi connectivity index (χ1n) is 20.2. The summed E-state index contributed by atoms with van der Waals surface area (Å²) in [6.45, 7) is 5.78. The number of nitrogens with zero attached hydrogens (tertiary/aromatic N) is 4. The number of rotatable bonds is 11. The highest BCUT2D eigenvalue weighted by molar-refractivity contribution is 6.71. The number of benzene rings is 5. The van der Waals surface area contributed by atoms with Crippen LogP contribution in [0.25, 0.3) is 33.2 Å². The van der Waals surface area contributed by atoms with Gasteiger partial charge in [0.1, 0.15) is 0 Å². The molecule has 2 aliphatic rings. The lowest BCUT2D eigenvalue weighted by atomic mass is 9.82. The fraction of sp³-hybridized carbons (Fsp3) is 0.261. The van der Waals surface area contributed by atoms with Gasteiger partial charge in [-0.15, -0.1) is 0 Å². The summed E-state index contributed by atoms with van der Waals surface area (Å²) in [5, 5.41) is 17.4. The van der Waals surface area contributed by atoms with Crippen LogP contribution < -0.4 is 16.0 Å². The highest BCUT2D eigenvalue weighted by atomic mass is 28.4. The fourth-order valence-corrected chi connectivity index (χ4v) is 12.1. The molecule has 0 unspecified atom stereocenters. The molecule has 5 aromatic carbocycles. The molecule has 1 fully saturated rings. The first-order valence-corrected chi connectivity index (χ1v) is 23.2. The Morgan fingerprint density at radius 1 is 0.783 bits per heavy atom. The summed E-state index contributed by atoms with van der Waals surface area (Å²) in [7, 11) is -3.17. The highest BCUT2D eigenvalue weighted by Crippen LogP contribution is 2.60. The second-order valence-electron chi connectivity index (χ2n) is 16.4. The van der Waals surface area contributed by atoms with Gasteiger partial charge in [0.25, 0.3) is 17.0 Å². The molecular formula is C46H46N6O7Si. The zero-order chi connectivity index (χ0) is 41.9. The molecule has 0 aliphatic carbocycles. The van der Waals surface area contributed by atoms with E-state index in [-0.39, 0.29) is 55.6 Å². The molecule has 2 aliphatic heterocycles. The summed E-state index contributed by atoms with van der Waals surface area (Å²) in [4.78, 5) is 72.0. The molecule has 306 valence electrons. The van der Waals surface area contributed by atoms with E-state index >= 15 is 4.79 Å². The molecule has 0 saturated carbocycles. The summed E-state index contributed by atoms with van der Waals surface area (Å²) in [5.74, 6) is -1.21. The van der Waals surface area contributed by atoms with Crippen molar-refractivity contribution in [1.29, 1.82) is 0 Å². The van der Waals surface area contributed by atoms with Crippen LogP contribution in [0.1, 0.15) is 30.0 Å². The van der Waals surface area contributed by atoms with Crippen molar-refractivity contribution in [3.8, 4) is 11.4 Å². The van der Waals surface area contributed by atoms with Crippen LogP contribution in [0.4, 0.5) is 5.69 Å². The van der Waals surface area contributed by atoms with Gasteiger partial charge in [0.15, 0.2) is 13.9 Å². The Bertz CT molecular complexity index is 2890. The third kappa shape index (κ3) is 6.52. The van der Waals surface area contributed by atoms with Gasteiger partial charge in [-0.05, 0) is 78.8 Å². The number of hydrogen-bond donors (Lipinski definition) is 4. The molecule has 0 radical (unpaired) electrons. The van der Waals surface area contributed by atoms with Crippen LogP contribution in [0.2, 0.25) is 18.6 Å². The van der Waals surface area contributed by atoms with Crippen LogP contribution in [0.3, 0.4) is 0 Å². The molecule has 4 N–H and O–H groups in total. The predicted molar refractivity (Wildman–Crippen MR) is 232 cm³/mol. The zero-order valence-corrected chi connectivity index (χ0v) is 34.5. The third-order valence-corrected chi connectivity index (χ3v) is 14.7. The lowest BCUT2D eigenvalue weighted by Gasteiger charge is -2.32. The van der Waals surface area contributed by atoms with Gasteiger partial charge >= 0.3 is 0 Å². The molecule has 60 heavy (non-hydrogen) atoms. The largest absolute Gasteiger partial charge is 0.432 e. The predicted octanol–water partition coefficient (Wildman–Crippen LogP) is 5.71. The fourth-order valence-electron chi connectivity index (χ4n) is 9.54. The van der Waals surface area contributed by atoms with E-state index in [1.165, 1.54) is 9.36 Å². The van der Waals surface area contributed by atoms with Gasteiger partial charge in [-0.3, -0.25) is 29.4 Å². The van der Waals surface area contributed by atoms with E-state index in [1.807, 2.05) is 104 Å². The van der Waals surface area contributed by atoms with Crippen molar-refractivity contribution < 1.29 is 24.2 Å². The van der Waals surface area contributed by atoms with Gasteiger partial charge in [-0.1, -0.05) is 73.7 Å². The van der Waals surface area contributed by atoms with Gasteiger partial charge in [-0.2, -0.15) is 0 Å². The number of hydrogen-bond acceptors (Lipinski definition) is 7. The number of ether oxygens (including phenoxy) is 1. The summed E-state index contributed by atoms with van der Waals surface area (Å²) in [6.07, 6.45) is -0.962. The number of aliphatic hydroxyl groups is 1. The first-order chi connectivity index (χ1) is 28.9. The minimum Gasteiger partial charge on any atom is -0.432 e. The van der Waals surface area contributed by atoms with Crippen molar-refractivity contribution in [2.45, 2.75) is 56.8 Å². The van der Waals surface area contributed by atoms with E-state index in [4.69, 9.17) is 4.74 Å². The SMILES string of the molecule is C[C@H]1[C@H]([Si](C)(C)O)[C@@H](CC(=O)N(CCO)Cc2ccccc2)O[C@]12C(=O)N(Cc1cccc(-n3[nH]c4ccccc4c3=O)c1)c1ccc(-n3[nH]c4ccccc4c3=O)cc12. The summed E-state index contributed by atoms with van der Waals surface area (Å²) >= 11 is 0. The van der Waals surface area contributed by atoms with Gasteiger partial charge in [0.05, 0.1) is 64.5 Å². The molecule has 4 heterocycles. The molecule has 1 saturated heterocycles. The normalized spacial score (nSPS) is 20.1. The van der Waals surface area contributed by atoms with Gasteiger partial charge in [0, 0.05) is 30.1 Å². The Labute approximate surface area is 346 Å². The Hall–Kier alpha value is -6.32. The van der Waals surface area contributed by atoms with Gasteiger partial charge < -0.3 is 24.4 Å². The summed E-state index contributed by atoms with van der Waals surface area (Å²) < 4.78 is 10.0. The maximum Gasteiger partial charge on any atom is 0.279 e. The lowest BCUT2D eigenvalue weighted by molar-refractivity contribution is -0.150. The number of fused-ring (bicyclic) bond motifs is 4. The van der Waals surface area contributed by atoms with E-state index < -0.39 is 31.5 Å². The molecular weight excluding hydrogens is 777 g/mol. The van der Waals surface area contributed by atoms with E-state index in [1.54, 1.807) is 47.2 Å². The standard InChI is InChI=1S/C46H46N6O7Si/c1-29-42(60(2,3)58)40(26-41(54)49(22-23-53)27-30-12-5-4-6-13-30)59-46(29)36-25-33(52-44(56)35-17-8-10-19-38(35)48-52)20-21-39(36)50(45(46)57)28-31-14-11-15-32(24-31)51-43(55)34-16-7-9-18-37(34)47-51/h4-21,24-25,29,40,42,47-48,53,58H,22-23,26-28H2,1-3H3/t29-,40+,42-,46+/m0/s1. The smallest absolute Gasteiger partial charge is 0.279 e. The van der Waals surface area contributed by atoms with E-state index in [0.717, 1.165) is 11.1 Å². The molecule has 7 aromatic rings. The molecule has 13 nitrogen and oxygen atoms in total. The maximum absolute atomic E-state index is 15.4. The Morgan fingerprint density at radius 2 is 1.38 bits per heavy atom. The van der Waals surface area contributed by atoms with Crippen molar-refractivity contribution in [3.05, 3.63) is 159 Å². The van der Waals surface area contributed by atoms with Crippen LogP contribution in [0, 0.1) is 5.92 Å². The van der Waals surface area contributed by atoms with E-state index in [0.29, 0.717) is 44.4 Å². The first kappa shape index (κ1) is 39.2. The number of aromatic nitrogens is 4. The molecule has 2 aromatic heterocycles. The van der Waals surface area contributed by atoms with Crippen molar-refractivity contribution in [1.82, 2.24) is 24.5 Å². The third-order valence-electron chi connectivity index (χ3n) is 12.2. The molecule has 0 bridgehead atoms. The quantitative estimate of drug-likeness (QED) is 0.122. The average Bonchev–Trinajstić information content (AvgIpc) is 3.93. The Morgan fingerprint density at radius 3 is 2.00 bits per heavy atom. The Kier molecular flexibility index (Phi) is 9.82. The number of amides is 2. The minimum absolute atomic E-state index is 0.105. The summed E-state index contributed by atoms with van der Waals surface area (Å²) in [5.41, 5.74) is 2.57. The number of carbonyl (C=O) groups excluding carboxylic acids is 2. The number of H-pyrrole nitrogens is 2. The molecule has 2 amide bonds. The number of carbonyl (C=O) groups is 2. The van der Waals surface area contributed by atoms with Gasteiger partial charge in [0.2, 0.25) is 5.91 Å². The second-order valence-corrected chi connectivity index (χ2v) is 20.4. The number of para-hydroxylation sites is 2. The molecule has 9 rings (SSSR count). The van der Waals surface area contributed by atoms with Crippen molar-refractivity contribution in [2.24, 2.45) is 5.92 Å². The average molecular weight is 823 g/mol. The van der Waals surface area contributed by atoms with Crippen LogP contribution in [0.15, 0.2) is 131 Å². The van der Waals surface area contributed by atoms with E-state index in [2.05, 4.69) is 10.2 Å². The number of aliphatic hydroxyl groups excluding tert-OH is 1. The van der Waals surface area contributed by atoms with Gasteiger partial charge in [-0.25, -0.2) is 9.36 Å². The van der Waals surface area contributed by atoms with Crippen LogP contribution in [-0.2, 0) is 33.0 Å². The van der Waals surface area contributed by atoms with Crippen molar-refractivity contribution >= 4 is 47.6 Å². The van der Waals surface area contributed by atoms with Crippen LogP contribution in [-0.4, -0.2) is 73.8 Å². The van der Waals surface area contributed by atoms with Crippen molar-refractivity contribution in [3.63, 3.8) is 0 Å². The maximum atomic E-state index is 15.4. The second kappa shape index (κ2) is 15.1. The topological polar surface area (TPSA) is 166 Å². The molecule has 4 atom stereocenters.